The largest absolute Gasteiger partial charge is 0.409 e. The number of oxime groups is 1. The molecule has 16 heavy (non-hydrogen) atoms. The van der Waals surface area contributed by atoms with Gasteiger partial charge in [-0.05, 0) is 13.2 Å². The third-order valence-corrected chi connectivity index (χ3v) is 3.70. The Morgan fingerprint density at radius 1 is 1.44 bits per heavy atom. The van der Waals surface area contributed by atoms with E-state index in [1.165, 1.54) is 5.75 Å². The highest BCUT2D eigenvalue weighted by Gasteiger charge is 2.22. The molecule has 6 heteroatoms. The summed E-state index contributed by atoms with van der Waals surface area (Å²) in [6.07, 6.45) is 2.14. The highest BCUT2D eigenvalue weighted by Crippen LogP contribution is 2.07. The van der Waals surface area contributed by atoms with Crippen molar-refractivity contribution in [3.63, 3.8) is 0 Å². The predicted octanol–water partition coefficient (Wildman–Crippen LogP) is 0.102. The van der Waals surface area contributed by atoms with Crippen molar-refractivity contribution < 1.29 is 5.21 Å². The molecule has 1 saturated heterocycles. The third kappa shape index (κ3) is 3.84. The lowest BCUT2D eigenvalue weighted by Crippen LogP contribution is -2.53. The van der Waals surface area contributed by atoms with Crippen molar-refractivity contribution in [1.29, 1.82) is 0 Å². The Hall–Kier alpha value is -0.460. The fourth-order valence-corrected chi connectivity index (χ4v) is 2.31. The van der Waals surface area contributed by atoms with E-state index in [0.717, 1.165) is 32.7 Å². The van der Waals surface area contributed by atoms with Crippen LogP contribution in [-0.4, -0.2) is 71.6 Å². The van der Waals surface area contributed by atoms with E-state index in [9.17, 15) is 0 Å². The second-order valence-electron chi connectivity index (χ2n) is 4.07. The van der Waals surface area contributed by atoms with Crippen LogP contribution in [0.15, 0.2) is 5.16 Å². The first-order chi connectivity index (χ1) is 7.69. The summed E-state index contributed by atoms with van der Waals surface area (Å²) in [5.41, 5.74) is 5.60. The van der Waals surface area contributed by atoms with Gasteiger partial charge in [0.05, 0.1) is 6.04 Å². The zero-order valence-corrected chi connectivity index (χ0v) is 10.9. The first kappa shape index (κ1) is 13.6. The highest BCUT2D eigenvalue weighted by atomic mass is 32.2. The van der Waals surface area contributed by atoms with E-state index in [1.807, 2.05) is 18.7 Å². The Balaban J connectivity index is 2.31. The second-order valence-corrected chi connectivity index (χ2v) is 5.06. The molecule has 1 heterocycles. The maximum atomic E-state index is 8.63. The molecular formula is C10H22N4OS. The van der Waals surface area contributed by atoms with E-state index in [4.69, 9.17) is 10.9 Å². The number of nitrogens with zero attached hydrogens (tertiary/aromatic N) is 3. The van der Waals surface area contributed by atoms with Crippen LogP contribution in [0.3, 0.4) is 0 Å². The number of piperazine rings is 1. The third-order valence-electron chi connectivity index (χ3n) is 3.11. The molecule has 1 rings (SSSR count). The summed E-state index contributed by atoms with van der Waals surface area (Å²) in [7, 11) is 0. The molecule has 0 bridgehead atoms. The van der Waals surface area contributed by atoms with Crippen molar-refractivity contribution in [2.24, 2.45) is 10.9 Å². The SMILES string of the molecule is CSCCN1CCN(C(C)C(N)=NO)CC1. The molecular weight excluding hydrogens is 224 g/mol. The van der Waals surface area contributed by atoms with E-state index >= 15 is 0 Å². The van der Waals surface area contributed by atoms with Crippen LogP contribution >= 0.6 is 11.8 Å². The van der Waals surface area contributed by atoms with E-state index in [2.05, 4.69) is 21.2 Å². The lowest BCUT2D eigenvalue weighted by Gasteiger charge is -2.37. The minimum Gasteiger partial charge on any atom is -0.409 e. The van der Waals surface area contributed by atoms with Gasteiger partial charge in [0.15, 0.2) is 5.84 Å². The van der Waals surface area contributed by atoms with Gasteiger partial charge < -0.3 is 10.9 Å². The van der Waals surface area contributed by atoms with Crippen molar-refractivity contribution in [2.75, 3.05) is 44.7 Å². The van der Waals surface area contributed by atoms with Crippen molar-refractivity contribution in [3.05, 3.63) is 0 Å². The molecule has 0 aromatic heterocycles. The van der Waals surface area contributed by atoms with E-state index in [0.29, 0.717) is 5.84 Å². The first-order valence-electron chi connectivity index (χ1n) is 5.61. The summed E-state index contributed by atoms with van der Waals surface area (Å²) in [5.74, 6) is 1.49. The highest BCUT2D eigenvalue weighted by molar-refractivity contribution is 7.98. The van der Waals surface area contributed by atoms with Gasteiger partial charge in [0.25, 0.3) is 0 Å². The van der Waals surface area contributed by atoms with Crippen LogP contribution in [0.1, 0.15) is 6.92 Å². The molecule has 1 atom stereocenters. The normalized spacial score (nSPS) is 22.2. The fourth-order valence-electron chi connectivity index (χ4n) is 1.87. The number of amidine groups is 1. The Bertz CT molecular complexity index is 229. The minimum atomic E-state index is 0.0349. The van der Waals surface area contributed by atoms with Crippen LogP contribution in [0.2, 0.25) is 0 Å². The van der Waals surface area contributed by atoms with Gasteiger partial charge in [-0.1, -0.05) is 5.16 Å². The average molecular weight is 246 g/mol. The zero-order valence-electron chi connectivity index (χ0n) is 10.1. The summed E-state index contributed by atoms with van der Waals surface area (Å²) in [5, 5.41) is 11.7. The average Bonchev–Trinajstić information content (AvgIpc) is 2.35. The number of thioether (sulfide) groups is 1. The maximum Gasteiger partial charge on any atom is 0.156 e. The van der Waals surface area contributed by atoms with Crippen LogP contribution in [0.4, 0.5) is 0 Å². The van der Waals surface area contributed by atoms with Crippen molar-refractivity contribution in [1.82, 2.24) is 9.80 Å². The summed E-state index contributed by atoms with van der Waals surface area (Å²) >= 11 is 1.88. The van der Waals surface area contributed by atoms with Crippen molar-refractivity contribution >= 4 is 17.6 Å². The topological polar surface area (TPSA) is 65.1 Å². The fraction of sp³-hybridized carbons (Fsp3) is 0.900. The molecule has 0 radical (unpaired) electrons. The van der Waals surface area contributed by atoms with Gasteiger partial charge in [-0.15, -0.1) is 0 Å². The summed E-state index contributed by atoms with van der Waals surface area (Å²) in [6, 6.07) is 0.0349. The molecule has 3 N–H and O–H groups in total. The predicted molar refractivity (Wildman–Crippen MR) is 69.3 cm³/mol. The van der Waals surface area contributed by atoms with E-state index in [1.54, 1.807) is 0 Å². The molecule has 0 amide bonds. The molecule has 0 spiro atoms. The summed E-state index contributed by atoms with van der Waals surface area (Å²) < 4.78 is 0. The molecule has 1 aliphatic heterocycles. The number of nitrogens with two attached hydrogens (primary N) is 1. The van der Waals surface area contributed by atoms with Gasteiger partial charge in [0.1, 0.15) is 0 Å². The number of hydrogen-bond donors (Lipinski definition) is 2. The van der Waals surface area contributed by atoms with Gasteiger partial charge in [0.2, 0.25) is 0 Å². The monoisotopic (exact) mass is 246 g/mol. The van der Waals surface area contributed by atoms with Crippen LogP contribution in [0.25, 0.3) is 0 Å². The minimum absolute atomic E-state index is 0.0349. The standard InChI is InChI=1S/C10H22N4OS/c1-9(10(11)12-15)14-5-3-13(4-6-14)7-8-16-2/h9,15H,3-8H2,1-2H3,(H2,11,12). The van der Waals surface area contributed by atoms with Gasteiger partial charge in [-0.3, -0.25) is 9.80 Å². The first-order valence-corrected chi connectivity index (χ1v) is 7.01. The Kier molecular flexibility index (Phi) is 5.94. The lowest BCUT2D eigenvalue weighted by molar-refractivity contribution is 0.126. The van der Waals surface area contributed by atoms with E-state index in [-0.39, 0.29) is 6.04 Å². The smallest absolute Gasteiger partial charge is 0.156 e. The van der Waals surface area contributed by atoms with Crippen LogP contribution in [0.5, 0.6) is 0 Å². The van der Waals surface area contributed by atoms with Crippen LogP contribution < -0.4 is 5.73 Å². The van der Waals surface area contributed by atoms with Gasteiger partial charge >= 0.3 is 0 Å². The molecule has 0 aromatic carbocycles. The lowest BCUT2D eigenvalue weighted by atomic mass is 10.2. The molecule has 0 aromatic rings. The molecule has 1 fully saturated rings. The molecule has 1 aliphatic rings. The van der Waals surface area contributed by atoms with Gasteiger partial charge in [-0.2, -0.15) is 11.8 Å². The Labute approximate surface area is 102 Å². The zero-order chi connectivity index (χ0) is 12.0. The number of hydrogen-bond acceptors (Lipinski definition) is 5. The quantitative estimate of drug-likeness (QED) is 0.312. The Morgan fingerprint density at radius 2 is 2.06 bits per heavy atom. The summed E-state index contributed by atoms with van der Waals surface area (Å²) in [4.78, 5) is 4.72. The van der Waals surface area contributed by atoms with Crippen LogP contribution in [-0.2, 0) is 0 Å². The van der Waals surface area contributed by atoms with Gasteiger partial charge in [-0.25, -0.2) is 0 Å². The molecule has 1 unspecified atom stereocenters. The summed E-state index contributed by atoms with van der Waals surface area (Å²) in [6.45, 7) is 7.27. The van der Waals surface area contributed by atoms with Crippen molar-refractivity contribution in [3.8, 4) is 0 Å². The second kappa shape index (κ2) is 6.98. The van der Waals surface area contributed by atoms with Crippen molar-refractivity contribution in [2.45, 2.75) is 13.0 Å². The molecule has 0 saturated carbocycles. The van der Waals surface area contributed by atoms with Crippen LogP contribution in [0, 0.1) is 0 Å². The Morgan fingerprint density at radius 3 is 2.56 bits per heavy atom. The maximum absolute atomic E-state index is 8.63. The van der Waals surface area contributed by atoms with E-state index < -0.39 is 0 Å². The van der Waals surface area contributed by atoms with Gasteiger partial charge in [0, 0.05) is 38.5 Å². The molecule has 94 valence electrons. The molecule has 5 nitrogen and oxygen atoms in total. The molecule has 0 aliphatic carbocycles. The number of rotatable bonds is 5.